The number of methoxy groups -OCH3 is 2. The van der Waals surface area contributed by atoms with Gasteiger partial charge in [-0.2, -0.15) is 0 Å². The van der Waals surface area contributed by atoms with Crippen LogP contribution in [0.25, 0.3) is 0 Å². The second kappa shape index (κ2) is 4.78. The zero-order valence-electron chi connectivity index (χ0n) is 10.5. The highest BCUT2D eigenvalue weighted by Gasteiger charge is 2.32. The molecule has 3 heteroatoms. The van der Waals surface area contributed by atoms with Crippen molar-refractivity contribution >= 4 is 5.78 Å². The zero-order valence-corrected chi connectivity index (χ0v) is 10.5. The van der Waals surface area contributed by atoms with Crippen LogP contribution in [0.15, 0.2) is 18.2 Å². The molecule has 0 radical (unpaired) electrons. The standard InChI is InChI=1S/C14H18O3/c1-9-11(5-6-12(9)15)10-4-7-13(16-2)14(8-10)17-3/h4,7-9,11H,5-6H2,1-3H3. The molecule has 1 aromatic rings. The van der Waals surface area contributed by atoms with Gasteiger partial charge in [0.2, 0.25) is 0 Å². The molecule has 3 nitrogen and oxygen atoms in total. The van der Waals surface area contributed by atoms with Crippen LogP contribution in [0.5, 0.6) is 11.5 Å². The molecule has 0 saturated heterocycles. The Balaban J connectivity index is 2.31. The Labute approximate surface area is 102 Å². The van der Waals surface area contributed by atoms with Crippen molar-refractivity contribution in [2.45, 2.75) is 25.7 Å². The minimum Gasteiger partial charge on any atom is -0.493 e. The number of rotatable bonds is 3. The van der Waals surface area contributed by atoms with E-state index >= 15 is 0 Å². The van der Waals surface area contributed by atoms with Gasteiger partial charge in [-0.3, -0.25) is 4.79 Å². The first kappa shape index (κ1) is 12.0. The van der Waals surface area contributed by atoms with Crippen molar-refractivity contribution in [2.24, 2.45) is 5.92 Å². The largest absolute Gasteiger partial charge is 0.493 e. The van der Waals surface area contributed by atoms with Crippen LogP contribution in [-0.2, 0) is 4.79 Å². The molecule has 0 aliphatic heterocycles. The molecule has 0 aromatic heterocycles. The number of hydrogen-bond donors (Lipinski definition) is 0. The molecule has 0 heterocycles. The molecule has 2 rings (SSSR count). The Morgan fingerprint density at radius 1 is 1.18 bits per heavy atom. The number of Topliss-reactive ketones (excluding diaryl/α,β-unsaturated/α-hetero) is 1. The summed E-state index contributed by atoms with van der Waals surface area (Å²) < 4.78 is 10.5. The second-order valence-corrected chi connectivity index (χ2v) is 4.51. The normalized spacial score (nSPS) is 23.8. The Bertz CT molecular complexity index is 425. The van der Waals surface area contributed by atoms with Gasteiger partial charge in [-0.05, 0) is 30.0 Å². The average Bonchev–Trinajstić information content (AvgIpc) is 2.69. The lowest BCUT2D eigenvalue weighted by Crippen LogP contribution is -2.09. The van der Waals surface area contributed by atoms with Crippen molar-refractivity contribution in [3.05, 3.63) is 23.8 Å². The number of carbonyl (C=O) groups excluding carboxylic acids is 1. The van der Waals surface area contributed by atoms with Crippen LogP contribution in [0.3, 0.4) is 0 Å². The van der Waals surface area contributed by atoms with Crippen molar-refractivity contribution in [1.29, 1.82) is 0 Å². The van der Waals surface area contributed by atoms with E-state index in [0.717, 1.165) is 17.9 Å². The van der Waals surface area contributed by atoms with Crippen LogP contribution in [0.1, 0.15) is 31.2 Å². The van der Waals surface area contributed by atoms with Gasteiger partial charge in [-0.15, -0.1) is 0 Å². The molecular formula is C14H18O3. The van der Waals surface area contributed by atoms with Crippen molar-refractivity contribution in [2.75, 3.05) is 14.2 Å². The maximum atomic E-state index is 11.6. The molecule has 1 aliphatic carbocycles. The number of carbonyl (C=O) groups is 1. The van der Waals surface area contributed by atoms with Crippen molar-refractivity contribution < 1.29 is 14.3 Å². The van der Waals surface area contributed by atoms with E-state index in [1.807, 2.05) is 25.1 Å². The molecule has 17 heavy (non-hydrogen) atoms. The Morgan fingerprint density at radius 3 is 2.41 bits per heavy atom. The van der Waals surface area contributed by atoms with Crippen molar-refractivity contribution in [1.82, 2.24) is 0 Å². The van der Waals surface area contributed by atoms with Gasteiger partial charge in [0.15, 0.2) is 11.5 Å². The lowest BCUT2D eigenvalue weighted by Gasteiger charge is -2.16. The highest BCUT2D eigenvalue weighted by atomic mass is 16.5. The van der Waals surface area contributed by atoms with Crippen molar-refractivity contribution in [3.8, 4) is 11.5 Å². The van der Waals surface area contributed by atoms with Crippen LogP contribution >= 0.6 is 0 Å². The van der Waals surface area contributed by atoms with Gasteiger partial charge in [-0.1, -0.05) is 13.0 Å². The average molecular weight is 234 g/mol. The molecular weight excluding hydrogens is 216 g/mol. The first-order chi connectivity index (χ1) is 8.17. The third kappa shape index (κ3) is 2.14. The summed E-state index contributed by atoms with van der Waals surface area (Å²) in [6, 6.07) is 5.92. The van der Waals surface area contributed by atoms with Gasteiger partial charge < -0.3 is 9.47 Å². The molecule has 0 amide bonds. The van der Waals surface area contributed by atoms with Gasteiger partial charge in [0.05, 0.1) is 14.2 Å². The number of benzene rings is 1. The van der Waals surface area contributed by atoms with Crippen LogP contribution < -0.4 is 9.47 Å². The van der Waals surface area contributed by atoms with E-state index in [-0.39, 0.29) is 5.92 Å². The molecule has 0 bridgehead atoms. The molecule has 1 aliphatic rings. The van der Waals surface area contributed by atoms with Crippen LogP contribution in [0.2, 0.25) is 0 Å². The molecule has 2 atom stereocenters. The summed E-state index contributed by atoms with van der Waals surface area (Å²) in [6.07, 6.45) is 1.63. The van der Waals surface area contributed by atoms with E-state index in [9.17, 15) is 4.79 Å². The van der Waals surface area contributed by atoms with E-state index in [1.165, 1.54) is 5.56 Å². The summed E-state index contributed by atoms with van der Waals surface area (Å²) in [5.74, 6) is 2.27. The fraction of sp³-hybridized carbons (Fsp3) is 0.500. The Morgan fingerprint density at radius 2 is 1.88 bits per heavy atom. The molecule has 92 valence electrons. The minimum atomic E-state index is 0.119. The number of hydrogen-bond acceptors (Lipinski definition) is 3. The van der Waals surface area contributed by atoms with Gasteiger partial charge in [0, 0.05) is 12.3 Å². The lowest BCUT2D eigenvalue weighted by molar-refractivity contribution is -0.120. The quantitative estimate of drug-likeness (QED) is 0.806. The monoisotopic (exact) mass is 234 g/mol. The predicted molar refractivity (Wildman–Crippen MR) is 65.7 cm³/mol. The predicted octanol–water partition coefficient (Wildman–Crippen LogP) is 2.79. The molecule has 2 unspecified atom stereocenters. The van der Waals surface area contributed by atoms with Crippen LogP contribution in [0.4, 0.5) is 0 Å². The topological polar surface area (TPSA) is 35.5 Å². The van der Waals surface area contributed by atoms with Gasteiger partial charge >= 0.3 is 0 Å². The number of ketones is 1. The first-order valence-corrected chi connectivity index (χ1v) is 5.92. The summed E-state index contributed by atoms with van der Waals surface area (Å²) in [5, 5.41) is 0. The maximum Gasteiger partial charge on any atom is 0.160 e. The second-order valence-electron chi connectivity index (χ2n) is 4.51. The third-order valence-corrected chi connectivity index (χ3v) is 3.65. The summed E-state index contributed by atoms with van der Waals surface area (Å²) >= 11 is 0. The molecule has 1 aromatic carbocycles. The summed E-state index contributed by atoms with van der Waals surface area (Å²) in [7, 11) is 3.25. The Hall–Kier alpha value is -1.51. The summed E-state index contributed by atoms with van der Waals surface area (Å²) in [6.45, 7) is 2.01. The SMILES string of the molecule is COc1ccc(C2CCC(=O)C2C)cc1OC. The van der Waals surface area contributed by atoms with Gasteiger partial charge in [-0.25, -0.2) is 0 Å². The first-order valence-electron chi connectivity index (χ1n) is 5.92. The van der Waals surface area contributed by atoms with Gasteiger partial charge in [0.1, 0.15) is 5.78 Å². The zero-order chi connectivity index (χ0) is 12.4. The van der Waals surface area contributed by atoms with Gasteiger partial charge in [0.25, 0.3) is 0 Å². The molecule has 1 saturated carbocycles. The Kier molecular flexibility index (Phi) is 3.36. The maximum absolute atomic E-state index is 11.6. The molecule has 0 N–H and O–H groups in total. The smallest absolute Gasteiger partial charge is 0.160 e. The van der Waals surface area contributed by atoms with Crippen LogP contribution in [0, 0.1) is 5.92 Å². The van der Waals surface area contributed by atoms with E-state index in [1.54, 1.807) is 14.2 Å². The summed E-state index contributed by atoms with van der Waals surface area (Å²) in [5.41, 5.74) is 1.17. The minimum absolute atomic E-state index is 0.119. The molecule has 0 spiro atoms. The lowest BCUT2D eigenvalue weighted by atomic mass is 9.90. The fourth-order valence-electron chi connectivity index (χ4n) is 2.54. The van der Waals surface area contributed by atoms with E-state index in [2.05, 4.69) is 0 Å². The van der Waals surface area contributed by atoms with E-state index < -0.39 is 0 Å². The van der Waals surface area contributed by atoms with Crippen LogP contribution in [-0.4, -0.2) is 20.0 Å². The third-order valence-electron chi connectivity index (χ3n) is 3.65. The number of ether oxygens (including phenoxy) is 2. The summed E-state index contributed by atoms with van der Waals surface area (Å²) in [4.78, 5) is 11.6. The highest BCUT2D eigenvalue weighted by Crippen LogP contribution is 2.40. The fourth-order valence-corrected chi connectivity index (χ4v) is 2.54. The highest BCUT2D eigenvalue weighted by molar-refractivity contribution is 5.84. The van der Waals surface area contributed by atoms with Crippen molar-refractivity contribution in [3.63, 3.8) is 0 Å². The van der Waals surface area contributed by atoms with E-state index in [4.69, 9.17) is 9.47 Å². The molecule has 1 fully saturated rings. The van der Waals surface area contributed by atoms with E-state index in [0.29, 0.717) is 18.1 Å².